The Labute approximate surface area is 171 Å². The average Bonchev–Trinajstić information content (AvgIpc) is 3.19. The lowest BCUT2D eigenvalue weighted by Crippen LogP contribution is -2.36. The predicted molar refractivity (Wildman–Crippen MR) is 111 cm³/mol. The van der Waals surface area contributed by atoms with Crippen molar-refractivity contribution in [2.45, 2.75) is 32.8 Å². The summed E-state index contributed by atoms with van der Waals surface area (Å²) in [5, 5.41) is 0. The molecule has 2 amide bonds. The summed E-state index contributed by atoms with van der Waals surface area (Å²) in [6.45, 7) is 5.55. The van der Waals surface area contributed by atoms with E-state index in [4.69, 9.17) is 4.74 Å². The number of esters is 1. The highest BCUT2D eigenvalue weighted by atomic mass is 16.5. The SMILES string of the molecule is CCN(CC)C(=O)[C@H](OC(=O)c1ccc(N2CCCC2=O)cc1)c1ccccc1. The van der Waals surface area contributed by atoms with Gasteiger partial charge in [0, 0.05) is 37.3 Å². The number of hydrogen-bond acceptors (Lipinski definition) is 4. The predicted octanol–water partition coefficient (Wildman–Crippen LogP) is 3.58. The minimum Gasteiger partial charge on any atom is -0.444 e. The molecule has 0 aromatic heterocycles. The van der Waals surface area contributed by atoms with E-state index in [-0.39, 0.29) is 11.8 Å². The lowest BCUT2D eigenvalue weighted by molar-refractivity contribution is -0.140. The maximum Gasteiger partial charge on any atom is 0.339 e. The first-order valence-electron chi connectivity index (χ1n) is 10.00. The van der Waals surface area contributed by atoms with Crippen LogP contribution in [0.1, 0.15) is 48.7 Å². The molecule has 1 aliphatic heterocycles. The van der Waals surface area contributed by atoms with Crippen LogP contribution in [-0.4, -0.2) is 42.3 Å². The van der Waals surface area contributed by atoms with E-state index in [9.17, 15) is 14.4 Å². The number of likely N-dealkylation sites (N-methyl/N-ethyl adjacent to an activating group) is 1. The summed E-state index contributed by atoms with van der Waals surface area (Å²) in [6.07, 6.45) is 0.397. The van der Waals surface area contributed by atoms with E-state index < -0.39 is 12.1 Å². The minimum atomic E-state index is -0.997. The molecule has 152 valence electrons. The van der Waals surface area contributed by atoms with Gasteiger partial charge in [0.05, 0.1) is 5.56 Å². The Kier molecular flexibility index (Phi) is 6.65. The standard InChI is InChI=1S/C23H26N2O4/c1-3-24(4-2)22(27)21(17-9-6-5-7-10-17)29-23(28)18-12-14-19(15-13-18)25-16-8-11-20(25)26/h5-7,9-10,12-15,21H,3-4,8,11,16H2,1-2H3/t21-/m1/s1. The minimum absolute atomic E-state index is 0.0919. The number of nitrogens with zero attached hydrogens (tertiary/aromatic N) is 2. The van der Waals surface area contributed by atoms with Crippen molar-refractivity contribution in [2.75, 3.05) is 24.5 Å². The van der Waals surface area contributed by atoms with Crippen molar-refractivity contribution in [2.24, 2.45) is 0 Å². The number of rotatable bonds is 7. The number of carbonyl (C=O) groups is 3. The van der Waals surface area contributed by atoms with Crippen molar-refractivity contribution in [3.63, 3.8) is 0 Å². The Balaban J connectivity index is 1.79. The molecule has 6 nitrogen and oxygen atoms in total. The molecule has 0 radical (unpaired) electrons. The molecule has 2 aromatic rings. The van der Waals surface area contributed by atoms with Gasteiger partial charge >= 0.3 is 5.97 Å². The lowest BCUT2D eigenvalue weighted by atomic mass is 10.1. The Bertz CT molecular complexity index is 860. The van der Waals surface area contributed by atoms with Gasteiger partial charge < -0.3 is 14.5 Å². The molecule has 0 aliphatic carbocycles. The number of anilines is 1. The van der Waals surface area contributed by atoms with Gasteiger partial charge in [-0.25, -0.2) is 4.79 Å². The summed E-state index contributed by atoms with van der Waals surface area (Å²) in [5.74, 6) is -0.721. The summed E-state index contributed by atoms with van der Waals surface area (Å²) >= 11 is 0. The first-order chi connectivity index (χ1) is 14.0. The van der Waals surface area contributed by atoms with Gasteiger partial charge in [0.25, 0.3) is 5.91 Å². The van der Waals surface area contributed by atoms with E-state index in [1.54, 1.807) is 46.2 Å². The molecule has 1 heterocycles. The molecule has 3 rings (SSSR count). The first-order valence-corrected chi connectivity index (χ1v) is 10.00. The normalized spacial score (nSPS) is 14.6. The topological polar surface area (TPSA) is 66.9 Å². The zero-order chi connectivity index (χ0) is 20.8. The van der Waals surface area contributed by atoms with Crippen LogP contribution < -0.4 is 4.90 Å². The molecule has 0 saturated carbocycles. The van der Waals surface area contributed by atoms with Gasteiger partial charge in [-0.1, -0.05) is 30.3 Å². The monoisotopic (exact) mass is 394 g/mol. The molecule has 0 bridgehead atoms. The second-order valence-electron chi connectivity index (χ2n) is 6.90. The zero-order valence-corrected chi connectivity index (χ0v) is 16.8. The Morgan fingerprint density at radius 2 is 1.69 bits per heavy atom. The van der Waals surface area contributed by atoms with Crippen LogP contribution >= 0.6 is 0 Å². The average molecular weight is 394 g/mol. The second-order valence-corrected chi connectivity index (χ2v) is 6.90. The molecule has 1 saturated heterocycles. The molecule has 1 fully saturated rings. The van der Waals surface area contributed by atoms with E-state index in [2.05, 4.69) is 0 Å². The highest BCUT2D eigenvalue weighted by Crippen LogP contribution is 2.24. The highest BCUT2D eigenvalue weighted by Gasteiger charge is 2.29. The van der Waals surface area contributed by atoms with Crippen LogP contribution in [0.3, 0.4) is 0 Å². The summed E-state index contributed by atoms with van der Waals surface area (Å²) in [7, 11) is 0. The molecule has 0 unspecified atom stereocenters. The fourth-order valence-electron chi connectivity index (χ4n) is 3.46. The van der Waals surface area contributed by atoms with Crippen molar-refractivity contribution in [3.8, 4) is 0 Å². The molecule has 2 aromatic carbocycles. The fraction of sp³-hybridized carbons (Fsp3) is 0.348. The van der Waals surface area contributed by atoms with Crippen LogP contribution in [0.4, 0.5) is 5.69 Å². The van der Waals surface area contributed by atoms with Gasteiger partial charge in [0.2, 0.25) is 12.0 Å². The van der Waals surface area contributed by atoms with Gasteiger partial charge in [-0.15, -0.1) is 0 Å². The number of amides is 2. The van der Waals surface area contributed by atoms with E-state index in [0.29, 0.717) is 37.2 Å². The first kappa shape index (κ1) is 20.6. The molecular formula is C23H26N2O4. The molecule has 0 N–H and O–H groups in total. The van der Waals surface area contributed by atoms with Gasteiger partial charge in [-0.2, -0.15) is 0 Å². The third-order valence-electron chi connectivity index (χ3n) is 5.11. The molecule has 0 spiro atoms. The molecule has 6 heteroatoms. The third kappa shape index (κ3) is 4.65. The number of hydrogen-bond donors (Lipinski definition) is 0. The Morgan fingerprint density at radius 3 is 2.24 bits per heavy atom. The smallest absolute Gasteiger partial charge is 0.339 e. The van der Waals surface area contributed by atoms with Crippen molar-refractivity contribution < 1.29 is 19.1 Å². The van der Waals surface area contributed by atoms with Crippen LogP contribution in [0.15, 0.2) is 54.6 Å². The van der Waals surface area contributed by atoms with Crippen molar-refractivity contribution in [1.82, 2.24) is 4.90 Å². The van der Waals surface area contributed by atoms with Crippen LogP contribution in [0.2, 0.25) is 0 Å². The molecule has 29 heavy (non-hydrogen) atoms. The third-order valence-corrected chi connectivity index (χ3v) is 5.11. The number of ether oxygens (including phenoxy) is 1. The maximum absolute atomic E-state index is 12.9. The van der Waals surface area contributed by atoms with E-state index in [1.165, 1.54) is 0 Å². The van der Waals surface area contributed by atoms with Crippen molar-refractivity contribution in [3.05, 3.63) is 65.7 Å². The summed E-state index contributed by atoms with van der Waals surface area (Å²) < 4.78 is 5.64. The van der Waals surface area contributed by atoms with Crippen LogP contribution in [0.5, 0.6) is 0 Å². The number of carbonyl (C=O) groups excluding carboxylic acids is 3. The quantitative estimate of drug-likeness (QED) is 0.673. The Hall–Kier alpha value is -3.15. The zero-order valence-electron chi connectivity index (χ0n) is 16.8. The van der Waals surface area contributed by atoms with E-state index in [0.717, 1.165) is 12.1 Å². The maximum atomic E-state index is 12.9. The fourth-order valence-corrected chi connectivity index (χ4v) is 3.46. The largest absolute Gasteiger partial charge is 0.444 e. The number of benzene rings is 2. The summed E-state index contributed by atoms with van der Waals surface area (Å²) in [6, 6.07) is 15.8. The molecular weight excluding hydrogens is 368 g/mol. The van der Waals surface area contributed by atoms with Crippen LogP contribution in [0, 0.1) is 0 Å². The molecule has 1 aliphatic rings. The Morgan fingerprint density at radius 1 is 1.03 bits per heavy atom. The van der Waals surface area contributed by atoms with Gasteiger partial charge in [0.1, 0.15) is 0 Å². The van der Waals surface area contributed by atoms with Crippen molar-refractivity contribution in [1.29, 1.82) is 0 Å². The van der Waals surface area contributed by atoms with Crippen LogP contribution in [-0.2, 0) is 14.3 Å². The summed E-state index contributed by atoms with van der Waals surface area (Å²) in [5.41, 5.74) is 1.74. The van der Waals surface area contributed by atoms with E-state index in [1.807, 2.05) is 32.0 Å². The lowest BCUT2D eigenvalue weighted by Gasteiger charge is -2.25. The highest BCUT2D eigenvalue weighted by molar-refractivity contribution is 5.97. The molecule has 1 atom stereocenters. The second kappa shape index (κ2) is 9.37. The van der Waals surface area contributed by atoms with E-state index >= 15 is 0 Å². The van der Waals surface area contributed by atoms with Gasteiger partial charge in [-0.05, 0) is 44.5 Å². The summed E-state index contributed by atoms with van der Waals surface area (Å²) in [4.78, 5) is 40.9. The van der Waals surface area contributed by atoms with Crippen molar-refractivity contribution >= 4 is 23.5 Å². The van der Waals surface area contributed by atoms with Crippen LogP contribution in [0.25, 0.3) is 0 Å². The van der Waals surface area contributed by atoms with Gasteiger partial charge in [0.15, 0.2) is 0 Å². The van der Waals surface area contributed by atoms with Gasteiger partial charge in [-0.3, -0.25) is 9.59 Å².